The van der Waals surface area contributed by atoms with Crippen LogP contribution >= 0.6 is 0 Å². The van der Waals surface area contributed by atoms with E-state index in [0.717, 1.165) is 5.56 Å². The number of nitrogens with one attached hydrogen (secondary N) is 3. The van der Waals surface area contributed by atoms with Crippen molar-refractivity contribution in [1.29, 1.82) is 0 Å². The minimum absolute atomic E-state index is 0.0524. The van der Waals surface area contributed by atoms with Crippen molar-refractivity contribution in [1.82, 2.24) is 10.6 Å². The maximum absolute atomic E-state index is 12.5. The van der Waals surface area contributed by atoms with Gasteiger partial charge >= 0.3 is 0 Å². The molecule has 2 aromatic rings. The second-order valence-electron chi connectivity index (χ2n) is 6.46. The lowest BCUT2D eigenvalue weighted by Gasteiger charge is -2.13. The van der Waals surface area contributed by atoms with E-state index in [-0.39, 0.29) is 30.4 Å². The van der Waals surface area contributed by atoms with Crippen molar-refractivity contribution in [3.05, 3.63) is 60.2 Å². The minimum atomic E-state index is -0.359. The third-order valence-corrected chi connectivity index (χ3v) is 4.35. The van der Waals surface area contributed by atoms with E-state index in [1.807, 2.05) is 48.5 Å². The van der Waals surface area contributed by atoms with Crippen LogP contribution in [0.15, 0.2) is 54.6 Å². The van der Waals surface area contributed by atoms with Gasteiger partial charge in [0, 0.05) is 24.3 Å². The van der Waals surface area contributed by atoms with Crippen molar-refractivity contribution < 1.29 is 14.3 Å². The van der Waals surface area contributed by atoms with Gasteiger partial charge in [-0.1, -0.05) is 36.4 Å². The summed E-state index contributed by atoms with van der Waals surface area (Å²) in [6.07, 6.45) is 0.530. The molecule has 5 N–H and O–H groups in total. The molecule has 1 aliphatic heterocycles. The fourth-order valence-electron chi connectivity index (χ4n) is 2.97. The molecule has 1 fully saturated rings. The van der Waals surface area contributed by atoms with Gasteiger partial charge < -0.3 is 26.4 Å². The first-order valence-corrected chi connectivity index (χ1v) is 8.94. The third-order valence-electron chi connectivity index (χ3n) is 4.35. The van der Waals surface area contributed by atoms with Crippen LogP contribution in [0.1, 0.15) is 12.0 Å². The van der Waals surface area contributed by atoms with Crippen LogP contribution in [-0.4, -0.2) is 37.0 Å². The Morgan fingerprint density at radius 1 is 1.15 bits per heavy atom. The summed E-state index contributed by atoms with van der Waals surface area (Å²) in [5.41, 5.74) is 7.04. The molecule has 0 saturated carbocycles. The summed E-state index contributed by atoms with van der Waals surface area (Å²) in [6, 6.07) is 16.7. The molecule has 0 radical (unpaired) electrons. The predicted octanol–water partition coefficient (Wildman–Crippen LogP) is 1.01. The van der Waals surface area contributed by atoms with Crippen LogP contribution in [0.2, 0.25) is 0 Å². The fourth-order valence-corrected chi connectivity index (χ4v) is 2.97. The average Bonchev–Trinajstić information content (AvgIpc) is 3.16. The monoisotopic (exact) mass is 368 g/mol. The normalized spacial score (nSPS) is 18.7. The molecule has 3 rings (SSSR count). The smallest absolute Gasteiger partial charge is 0.241 e. The zero-order chi connectivity index (χ0) is 19.1. The highest BCUT2D eigenvalue weighted by Crippen LogP contribution is 2.19. The van der Waals surface area contributed by atoms with E-state index in [9.17, 15) is 9.59 Å². The van der Waals surface area contributed by atoms with Crippen LogP contribution in [0.4, 0.5) is 5.69 Å². The Kier molecular flexibility index (Phi) is 6.40. The molecule has 1 saturated heterocycles. The lowest BCUT2D eigenvalue weighted by Crippen LogP contribution is -2.39. The van der Waals surface area contributed by atoms with Crippen molar-refractivity contribution in [2.45, 2.75) is 25.1 Å². The maximum Gasteiger partial charge on any atom is 0.241 e. The number of carbonyl (C=O) groups is 2. The maximum atomic E-state index is 12.5. The quantitative estimate of drug-likeness (QED) is 0.584. The molecule has 1 heterocycles. The topological polar surface area (TPSA) is 105 Å². The largest absolute Gasteiger partial charge is 0.489 e. The minimum Gasteiger partial charge on any atom is -0.489 e. The SMILES string of the molecule is NCC(=O)N[C@H]1CN[C@H](C(=O)Nc2cccc(OCc3ccccc3)c2)C1. The van der Waals surface area contributed by atoms with Crippen molar-refractivity contribution in [3.63, 3.8) is 0 Å². The summed E-state index contributed by atoms with van der Waals surface area (Å²) in [7, 11) is 0. The highest BCUT2D eigenvalue weighted by molar-refractivity contribution is 5.95. The standard InChI is InChI=1S/C20H24N4O3/c21-11-19(25)23-16-10-18(22-12-16)20(26)24-15-7-4-8-17(9-15)27-13-14-5-2-1-3-6-14/h1-9,16,18,22H,10-13,21H2,(H,23,25)(H,24,26)/t16-,18+/m1/s1. The van der Waals surface area contributed by atoms with Crippen LogP contribution in [-0.2, 0) is 16.2 Å². The van der Waals surface area contributed by atoms with Crippen molar-refractivity contribution in [2.75, 3.05) is 18.4 Å². The van der Waals surface area contributed by atoms with Gasteiger partial charge in [0.2, 0.25) is 11.8 Å². The molecule has 142 valence electrons. The van der Waals surface area contributed by atoms with Crippen LogP contribution in [0.3, 0.4) is 0 Å². The van der Waals surface area contributed by atoms with E-state index in [1.165, 1.54) is 0 Å². The van der Waals surface area contributed by atoms with Gasteiger partial charge in [-0.2, -0.15) is 0 Å². The molecule has 0 aromatic heterocycles. The molecule has 1 aliphatic rings. The third kappa shape index (κ3) is 5.54. The van der Waals surface area contributed by atoms with Crippen LogP contribution in [0, 0.1) is 0 Å². The Morgan fingerprint density at radius 2 is 1.96 bits per heavy atom. The molecular formula is C20H24N4O3. The van der Waals surface area contributed by atoms with Gasteiger partial charge in [-0.05, 0) is 24.1 Å². The van der Waals surface area contributed by atoms with Crippen LogP contribution < -0.4 is 26.4 Å². The molecular weight excluding hydrogens is 344 g/mol. The number of rotatable bonds is 7. The first-order chi connectivity index (χ1) is 13.1. The van der Waals surface area contributed by atoms with Crippen molar-refractivity contribution >= 4 is 17.5 Å². The zero-order valence-electron chi connectivity index (χ0n) is 15.0. The molecule has 2 amide bonds. The molecule has 2 atom stereocenters. The van der Waals surface area contributed by atoms with Gasteiger partial charge in [0.1, 0.15) is 12.4 Å². The summed E-state index contributed by atoms with van der Waals surface area (Å²) in [6.45, 7) is 0.956. The second-order valence-corrected chi connectivity index (χ2v) is 6.46. The Bertz CT molecular complexity index is 782. The highest BCUT2D eigenvalue weighted by Gasteiger charge is 2.30. The molecule has 0 unspecified atom stereocenters. The molecule has 7 nitrogen and oxygen atoms in total. The average molecular weight is 368 g/mol. The number of hydrogen-bond donors (Lipinski definition) is 4. The number of hydrogen-bond acceptors (Lipinski definition) is 5. The van der Waals surface area contributed by atoms with Gasteiger partial charge in [-0.25, -0.2) is 0 Å². The number of anilines is 1. The molecule has 0 aliphatic carbocycles. The lowest BCUT2D eigenvalue weighted by molar-refractivity contribution is -0.121. The summed E-state index contributed by atoms with van der Waals surface area (Å²) in [5.74, 6) is 0.329. The van der Waals surface area contributed by atoms with Gasteiger partial charge in [-0.15, -0.1) is 0 Å². The van der Waals surface area contributed by atoms with E-state index < -0.39 is 0 Å². The highest BCUT2D eigenvalue weighted by atomic mass is 16.5. The number of nitrogens with two attached hydrogens (primary N) is 1. The van der Waals surface area contributed by atoms with Crippen LogP contribution in [0.5, 0.6) is 5.75 Å². The zero-order valence-corrected chi connectivity index (χ0v) is 15.0. The molecule has 2 aromatic carbocycles. The number of amides is 2. The Labute approximate surface area is 158 Å². The van der Waals surface area contributed by atoms with Gasteiger partial charge in [0.25, 0.3) is 0 Å². The Morgan fingerprint density at radius 3 is 2.74 bits per heavy atom. The van der Waals surface area contributed by atoms with E-state index in [2.05, 4.69) is 16.0 Å². The Hall–Kier alpha value is -2.90. The summed E-state index contributed by atoms with van der Waals surface area (Å²) < 4.78 is 5.79. The van der Waals surface area contributed by atoms with Gasteiger partial charge in [0.05, 0.1) is 12.6 Å². The van der Waals surface area contributed by atoms with E-state index in [4.69, 9.17) is 10.5 Å². The predicted molar refractivity (Wildman–Crippen MR) is 103 cm³/mol. The van der Waals surface area contributed by atoms with Crippen LogP contribution in [0.25, 0.3) is 0 Å². The van der Waals surface area contributed by atoms with Gasteiger partial charge in [-0.3, -0.25) is 9.59 Å². The first kappa shape index (κ1) is 18.9. The summed E-state index contributed by atoms with van der Waals surface area (Å²) >= 11 is 0. The fraction of sp³-hybridized carbons (Fsp3) is 0.300. The number of carbonyl (C=O) groups excluding carboxylic acids is 2. The van der Waals surface area contributed by atoms with E-state index in [1.54, 1.807) is 6.07 Å². The molecule has 7 heteroatoms. The molecule has 0 bridgehead atoms. The second kappa shape index (κ2) is 9.16. The van der Waals surface area contributed by atoms with E-state index in [0.29, 0.717) is 31.0 Å². The van der Waals surface area contributed by atoms with Crippen molar-refractivity contribution in [2.24, 2.45) is 5.73 Å². The summed E-state index contributed by atoms with van der Waals surface area (Å²) in [5, 5.41) is 8.80. The molecule has 0 spiro atoms. The van der Waals surface area contributed by atoms with Crippen molar-refractivity contribution in [3.8, 4) is 5.75 Å². The van der Waals surface area contributed by atoms with Gasteiger partial charge in [0.15, 0.2) is 0 Å². The van der Waals surface area contributed by atoms with E-state index >= 15 is 0 Å². The lowest BCUT2D eigenvalue weighted by atomic mass is 10.1. The summed E-state index contributed by atoms with van der Waals surface area (Å²) in [4.78, 5) is 23.8. The number of benzene rings is 2. The molecule has 27 heavy (non-hydrogen) atoms. The first-order valence-electron chi connectivity index (χ1n) is 8.94. The Balaban J connectivity index is 1.52. The number of ether oxygens (including phenoxy) is 1.